The van der Waals surface area contributed by atoms with Crippen molar-refractivity contribution in [2.45, 2.75) is 296 Å². The topological polar surface area (TPSA) is 114 Å². The molecule has 0 saturated heterocycles. The first-order valence-electron chi connectivity index (χ1n) is 29.1. The van der Waals surface area contributed by atoms with E-state index in [2.05, 4.69) is 38.2 Å². The van der Waals surface area contributed by atoms with Crippen LogP contribution in [0.3, 0.4) is 0 Å². The lowest BCUT2D eigenvalue weighted by molar-refractivity contribution is -0.870. The Morgan fingerprint density at radius 1 is 0.500 bits per heavy atom. The average Bonchev–Trinajstić information content (AvgIpc) is 3.29. The van der Waals surface area contributed by atoms with Crippen LogP contribution in [0.1, 0.15) is 284 Å². The first kappa shape index (κ1) is 66.5. The molecule has 0 aromatic carbocycles. The number of unbranched alkanes of at least 4 members (excludes halogenated alkanes) is 35. The van der Waals surface area contributed by atoms with Gasteiger partial charge in [0.1, 0.15) is 19.3 Å². The zero-order valence-electron chi connectivity index (χ0n) is 45.8. The molecule has 0 bridgehead atoms. The second kappa shape index (κ2) is 49.1. The standard InChI is InChI=1S/C58H113N2O7P/c1-7-10-13-16-19-22-25-28-30-32-35-38-41-44-47-50-57(61)59-55(54-66-68(63,64)65-53-52-60(4,5)6)56(49-46-43-40-37-34-31-27-24-21-18-15-12-9-3)67-58(62)51-48-45-42-39-36-33-29-26-23-20-17-14-11-8-2/h22,25,46,49,55-56H,7-21,23-24,26-45,47-48,50-54H2,1-6H3,(H-,59,61,63,64)/b25-22-,49-46+. The smallest absolute Gasteiger partial charge is 0.306 e. The van der Waals surface area contributed by atoms with Crippen LogP contribution < -0.4 is 10.2 Å². The van der Waals surface area contributed by atoms with Crippen LogP contribution in [0.25, 0.3) is 0 Å². The zero-order chi connectivity index (χ0) is 50.1. The first-order valence-corrected chi connectivity index (χ1v) is 30.6. The lowest BCUT2D eigenvalue weighted by Gasteiger charge is -2.30. The van der Waals surface area contributed by atoms with E-state index in [-0.39, 0.29) is 31.5 Å². The minimum atomic E-state index is -4.69. The number of hydrogen-bond acceptors (Lipinski definition) is 7. The molecule has 1 amide bonds. The van der Waals surface area contributed by atoms with Crippen molar-refractivity contribution in [3.63, 3.8) is 0 Å². The number of nitrogens with one attached hydrogen (secondary N) is 1. The van der Waals surface area contributed by atoms with Crippen molar-refractivity contribution >= 4 is 19.7 Å². The molecule has 0 rings (SSSR count). The molecule has 0 aromatic heterocycles. The Bertz CT molecular complexity index is 1220. The van der Waals surface area contributed by atoms with Crippen LogP contribution in [0.4, 0.5) is 0 Å². The Hall–Kier alpha value is -1.51. The second-order valence-electron chi connectivity index (χ2n) is 21.2. The molecule has 0 heterocycles. The highest BCUT2D eigenvalue weighted by atomic mass is 31.2. The Balaban J connectivity index is 5.35. The van der Waals surface area contributed by atoms with Crippen LogP contribution in [0.5, 0.6) is 0 Å². The van der Waals surface area contributed by atoms with Crippen molar-refractivity contribution in [1.82, 2.24) is 5.32 Å². The van der Waals surface area contributed by atoms with E-state index in [1.54, 1.807) is 0 Å². The zero-order valence-corrected chi connectivity index (χ0v) is 46.7. The fourth-order valence-electron chi connectivity index (χ4n) is 8.58. The summed E-state index contributed by atoms with van der Waals surface area (Å²) in [6.07, 6.45) is 55.6. The summed E-state index contributed by atoms with van der Waals surface area (Å²) in [6.45, 7) is 6.85. The number of esters is 1. The van der Waals surface area contributed by atoms with Gasteiger partial charge in [-0.05, 0) is 57.4 Å². The number of phosphoric ester groups is 1. The molecule has 9 nitrogen and oxygen atoms in total. The Labute approximate surface area is 422 Å². The van der Waals surface area contributed by atoms with E-state index in [1.807, 2.05) is 33.3 Å². The van der Waals surface area contributed by atoms with Crippen LogP contribution in [0, 0.1) is 0 Å². The van der Waals surface area contributed by atoms with Crippen molar-refractivity contribution < 1.29 is 37.3 Å². The van der Waals surface area contributed by atoms with Gasteiger partial charge in [0, 0.05) is 12.8 Å². The van der Waals surface area contributed by atoms with Gasteiger partial charge in [-0.3, -0.25) is 14.2 Å². The maximum absolute atomic E-state index is 13.5. The minimum Gasteiger partial charge on any atom is -0.756 e. The summed E-state index contributed by atoms with van der Waals surface area (Å²) < 4.78 is 30.2. The summed E-state index contributed by atoms with van der Waals surface area (Å²) in [6, 6.07) is -0.883. The lowest BCUT2D eigenvalue weighted by atomic mass is 10.0. The Morgan fingerprint density at radius 3 is 1.26 bits per heavy atom. The van der Waals surface area contributed by atoms with Gasteiger partial charge in [-0.1, -0.05) is 238 Å². The van der Waals surface area contributed by atoms with Gasteiger partial charge in [0.25, 0.3) is 7.82 Å². The molecular formula is C58H113N2O7P. The summed E-state index contributed by atoms with van der Waals surface area (Å²) in [5, 5.41) is 3.02. The van der Waals surface area contributed by atoms with Crippen LogP contribution in [-0.2, 0) is 27.9 Å². The van der Waals surface area contributed by atoms with Crippen molar-refractivity contribution in [2.24, 2.45) is 0 Å². The van der Waals surface area contributed by atoms with Crippen LogP contribution >= 0.6 is 7.82 Å². The van der Waals surface area contributed by atoms with Crippen LogP contribution in [0.15, 0.2) is 24.3 Å². The van der Waals surface area contributed by atoms with Gasteiger partial charge in [-0.2, -0.15) is 0 Å². The van der Waals surface area contributed by atoms with E-state index in [0.29, 0.717) is 17.4 Å². The monoisotopic (exact) mass is 981 g/mol. The van der Waals surface area contributed by atoms with E-state index in [4.69, 9.17) is 13.8 Å². The first-order chi connectivity index (χ1) is 32.9. The van der Waals surface area contributed by atoms with Crippen molar-refractivity contribution in [2.75, 3.05) is 40.9 Å². The molecule has 402 valence electrons. The molecule has 68 heavy (non-hydrogen) atoms. The molecule has 0 aliphatic rings. The molecule has 0 saturated carbocycles. The highest BCUT2D eigenvalue weighted by Crippen LogP contribution is 2.38. The predicted octanol–water partition coefficient (Wildman–Crippen LogP) is 16.8. The SMILES string of the molecule is CCCCCC/C=C\CCCCCCCCCC(=O)NC(COP(=O)([O-])OCC[N+](C)(C)C)C(/C=C/CCCCCCCCCCCCC)OC(=O)CCCCCCCCCCCCCCCC. The van der Waals surface area contributed by atoms with Gasteiger partial charge in [-0.25, -0.2) is 0 Å². The molecule has 1 N–H and O–H groups in total. The Kier molecular flexibility index (Phi) is 48.0. The number of allylic oxidation sites excluding steroid dienone is 3. The molecule has 0 radical (unpaired) electrons. The predicted molar refractivity (Wildman–Crippen MR) is 289 cm³/mol. The van der Waals surface area contributed by atoms with E-state index in [1.165, 1.54) is 180 Å². The third-order valence-electron chi connectivity index (χ3n) is 13.1. The minimum absolute atomic E-state index is 0.0198. The lowest BCUT2D eigenvalue weighted by Crippen LogP contribution is -2.47. The summed E-state index contributed by atoms with van der Waals surface area (Å²) in [5.41, 5.74) is 0. The fourth-order valence-corrected chi connectivity index (χ4v) is 9.30. The molecule has 10 heteroatoms. The number of ether oxygens (including phenoxy) is 1. The number of amides is 1. The number of hydrogen-bond donors (Lipinski definition) is 1. The summed E-state index contributed by atoms with van der Waals surface area (Å²) in [7, 11) is 1.19. The van der Waals surface area contributed by atoms with Gasteiger partial charge in [-0.15, -0.1) is 0 Å². The molecule has 0 aliphatic heterocycles. The van der Waals surface area contributed by atoms with Crippen molar-refractivity contribution in [3.05, 3.63) is 24.3 Å². The van der Waals surface area contributed by atoms with Gasteiger partial charge >= 0.3 is 5.97 Å². The number of rotatable bonds is 53. The van der Waals surface area contributed by atoms with E-state index in [9.17, 15) is 19.0 Å². The normalized spacial score (nSPS) is 13.9. The van der Waals surface area contributed by atoms with Gasteiger partial charge in [0.2, 0.25) is 5.91 Å². The third kappa shape index (κ3) is 49.5. The number of likely N-dealkylation sites (N-methyl/N-ethyl adjacent to an activating group) is 1. The molecular weight excluding hydrogens is 868 g/mol. The van der Waals surface area contributed by atoms with Crippen molar-refractivity contribution in [1.29, 1.82) is 0 Å². The Morgan fingerprint density at radius 2 is 0.853 bits per heavy atom. The molecule has 3 unspecified atom stereocenters. The molecule has 3 atom stereocenters. The number of carbonyl (C=O) groups excluding carboxylic acids is 2. The molecule has 0 aliphatic carbocycles. The van der Waals surface area contributed by atoms with Gasteiger partial charge in [0.15, 0.2) is 0 Å². The highest BCUT2D eigenvalue weighted by Gasteiger charge is 2.27. The van der Waals surface area contributed by atoms with E-state index in [0.717, 1.165) is 70.6 Å². The maximum atomic E-state index is 13.5. The van der Waals surface area contributed by atoms with E-state index < -0.39 is 20.0 Å². The third-order valence-corrected chi connectivity index (χ3v) is 14.1. The number of carbonyl (C=O) groups is 2. The number of nitrogens with zero attached hydrogens (tertiary/aromatic N) is 1. The number of phosphoric acid groups is 1. The summed E-state index contributed by atoms with van der Waals surface area (Å²) in [5.74, 6) is -0.533. The molecule has 0 fully saturated rings. The van der Waals surface area contributed by atoms with E-state index >= 15 is 0 Å². The van der Waals surface area contributed by atoms with Gasteiger partial charge < -0.3 is 28.5 Å². The summed E-state index contributed by atoms with van der Waals surface area (Å²) >= 11 is 0. The second-order valence-corrected chi connectivity index (χ2v) is 22.6. The van der Waals surface area contributed by atoms with Gasteiger partial charge in [0.05, 0.1) is 33.8 Å². The fraction of sp³-hybridized carbons (Fsp3) is 0.897. The quantitative estimate of drug-likeness (QED) is 0.0212. The molecule has 0 spiro atoms. The summed E-state index contributed by atoms with van der Waals surface area (Å²) in [4.78, 5) is 39.8. The van der Waals surface area contributed by atoms with Crippen LogP contribution in [-0.4, -0.2) is 69.4 Å². The molecule has 0 aromatic rings. The largest absolute Gasteiger partial charge is 0.756 e. The average molecular weight is 982 g/mol. The maximum Gasteiger partial charge on any atom is 0.306 e. The van der Waals surface area contributed by atoms with Crippen molar-refractivity contribution in [3.8, 4) is 0 Å². The number of quaternary nitrogens is 1. The highest BCUT2D eigenvalue weighted by molar-refractivity contribution is 7.45. The van der Waals surface area contributed by atoms with Crippen LogP contribution in [0.2, 0.25) is 0 Å².